The molecule has 0 saturated carbocycles. The Morgan fingerprint density at radius 2 is 2.04 bits per heavy atom. The van der Waals surface area contributed by atoms with Gasteiger partial charge in [0.2, 0.25) is 5.95 Å². The minimum atomic E-state index is -0.369. The minimum Gasteiger partial charge on any atom is -0.346 e. The molecule has 2 atom stereocenters. The lowest BCUT2D eigenvalue weighted by Crippen LogP contribution is -2.29. The van der Waals surface area contributed by atoms with Crippen LogP contribution in [0.25, 0.3) is 0 Å². The van der Waals surface area contributed by atoms with Crippen LogP contribution in [0.2, 0.25) is 5.02 Å². The van der Waals surface area contributed by atoms with E-state index in [9.17, 15) is 4.39 Å². The van der Waals surface area contributed by atoms with Gasteiger partial charge in [-0.25, -0.2) is 9.07 Å². The van der Waals surface area contributed by atoms with E-state index in [1.807, 2.05) is 0 Å². The quantitative estimate of drug-likeness (QED) is 0.745. The van der Waals surface area contributed by atoms with Crippen LogP contribution in [-0.2, 0) is 0 Å². The maximum atomic E-state index is 14.5. The van der Waals surface area contributed by atoms with Gasteiger partial charge in [-0.15, -0.1) is 0 Å². The first-order valence-corrected chi connectivity index (χ1v) is 8.48. The van der Waals surface area contributed by atoms with E-state index in [4.69, 9.17) is 11.6 Å². The standard InChI is InChI=1S/C18H17ClFN5/c1-10-6-7-12(8-11(10)2)15-9-16(25-18(21-15)22-23-24-25)17-13(19)4-3-5-14(17)20/h3-8,15-16H,9H2,1-2H3,(H,21,22,24). The number of anilines is 1. The molecule has 3 aromatic rings. The number of benzene rings is 2. The lowest BCUT2D eigenvalue weighted by molar-refractivity contribution is 0.409. The third kappa shape index (κ3) is 2.76. The van der Waals surface area contributed by atoms with Crippen LogP contribution in [0.15, 0.2) is 36.4 Å². The summed E-state index contributed by atoms with van der Waals surface area (Å²) in [6.45, 7) is 4.16. The van der Waals surface area contributed by atoms with Crippen molar-refractivity contribution in [2.24, 2.45) is 0 Å². The summed E-state index contributed by atoms with van der Waals surface area (Å²) in [6, 6.07) is 10.6. The highest BCUT2D eigenvalue weighted by atomic mass is 35.5. The monoisotopic (exact) mass is 357 g/mol. The molecular weight excluding hydrogens is 341 g/mol. The van der Waals surface area contributed by atoms with Crippen molar-refractivity contribution in [2.45, 2.75) is 32.4 Å². The van der Waals surface area contributed by atoms with Crippen molar-refractivity contribution < 1.29 is 4.39 Å². The number of nitrogens with zero attached hydrogens (tertiary/aromatic N) is 4. The van der Waals surface area contributed by atoms with Crippen molar-refractivity contribution >= 4 is 17.5 Å². The predicted molar refractivity (Wildman–Crippen MR) is 94.3 cm³/mol. The average Bonchev–Trinajstić information content (AvgIpc) is 3.05. The van der Waals surface area contributed by atoms with Gasteiger partial charge < -0.3 is 5.32 Å². The number of hydrogen-bond acceptors (Lipinski definition) is 4. The fourth-order valence-electron chi connectivity index (χ4n) is 3.31. The van der Waals surface area contributed by atoms with Crippen LogP contribution in [0.1, 0.15) is 40.8 Å². The normalized spacial score (nSPS) is 19.4. The Labute approximate surface area is 149 Å². The predicted octanol–water partition coefficient (Wildman–Crippen LogP) is 4.23. The number of nitrogens with one attached hydrogen (secondary N) is 1. The van der Waals surface area contributed by atoms with E-state index in [1.54, 1.807) is 16.8 Å². The van der Waals surface area contributed by atoms with Gasteiger partial charge in [0.15, 0.2) is 0 Å². The molecule has 1 aliphatic rings. The van der Waals surface area contributed by atoms with Crippen LogP contribution in [0.4, 0.5) is 10.3 Å². The number of aryl methyl sites for hydroxylation is 2. The molecule has 128 valence electrons. The van der Waals surface area contributed by atoms with Gasteiger partial charge in [0.1, 0.15) is 5.82 Å². The highest BCUT2D eigenvalue weighted by Gasteiger charge is 2.33. The molecule has 5 nitrogen and oxygen atoms in total. The summed E-state index contributed by atoms with van der Waals surface area (Å²) < 4.78 is 16.1. The molecule has 1 aromatic heterocycles. The summed E-state index contributed by atoms with van der Waals surface area (Å²) >= 11 is 6.29. The van der Waals surface area contributed by atoms with Crippen LogP contribution >= 0.6 is 11.6 Å². The maximum absolute atomic E-state index is 14.5. The Balaban J connectivity index is 1.79. The summed E-state index contributed by atoms with van der Waals surface area (Å²) in [5.74, 6) is 0.165. The fraction of sp³-hybridized carbons (Fsp3) is 0.278. The van der Waals surface area contributed by atoms with Crippen molar-refractivity contribution in [3.63, 3.8) is 0 Å². The van der Waals surface area contributed by atoms with E-state index in [2.05, 4.69) is 52.9 Å². The first kappa shape index (κ1) is 16.0. The third-order valence-corrected chi connectivity index (χ3v) is 5.15. The highest BCUT2D eigenvalue weighted by molar-refractivity contribution is 6.31. The molecule has 1 aliphatic heterocycles. The molecule has 0 radical (unpaired) electrons. The van der Waals surface area contributed by atoms with Gasteiger partial charge >= 0.3 is 0 Å². The SMILES string of the molecule is Cc1ccc(C2CC(c3c(F)cccc3Cl)n3nnnc3N2)cc1C. The fourth-order valence-corrected chi connectivity index (χ4v) is 3.60. The summed E-state index contributed by atoms with van der Waals surface area (Å²) in [5.41, 5.74) is 3.99. The van der Waals surface area contributed by atoms with Crippen LogP contribution < -0.4 is 5.32 Å². The number of fused-ring (bicyclic) bond motifs is 1. The molecule has 7 heteroatoms. The van der Waals surface area contributed by atoms with Crippen LogP contribution in [-0.4, -0.2) is 20.2 Å². The van der Waals surface area contributed by atoms with Gasteiger partial charge in [-0.3, -0.25) is 0 Å². The van der Waals surface area contributed by atoms with Gasteiger partial charge in [0.05, 0.1) is 12.1 Å². The van der Waals surface area contributed by atoms with E-state index in [0.29, 0.717) is 23.0 Å². The zero-order valence-electron chi connectivity index (χ0n) is 13.9. The Bertz CT molecular complexity index is 919. The number of rotatable bonds is 2. The highest BCUT2D eigenvalue weighted by Crippen LogP contribution is 2.40. The Morgan fingerprint density at radius 3 is 2.80 bits per heavy atom. The van der Waals surface area contributed by atoms with E-state index < -0.39 is 0 Å². The smallest absolute Gasteiger partial charge is 0.243 e. The van der Waals surface area contributed by atoms with E-state index in [1.165, 1.54) is 17.2 Å². The van der Waals surface area contributed by atoms with Crippen molar-refractivity contribution in [1.29, 1.82) is 0 Å². The first-order valence-electron chi connectivity index (χ1n) is 8.10. The molecule has 2 unspecified atom stereocenters. The zero-order chi connectivity index (χ0) is 17.6. The first-order chi connectivity index (χ1) is 12.0. The summed E-state index contributed by atoms with van der Waals surface area (Å²) in [7, 11) is 0. The molecule has 25 heavy (non-hydrogen) atoms. The molecule has 2 aromatic carbocycles. The Hall–Kier alpha value is -2.47. The van der Waals surface area contributed by atoms with Crippen LogP contribution in [0.3, 0.4) is 0 Å². The molecule has 0 bridgehead atoms. The third-order valence-electron chi connectivity index (χ3n) is 4.82. The van der Waals surface area contributed by atoms with Crippen LogP contribution in [0, 0.1) is 19.7 Å². The largest absolute Gasteiger partial charge is 0.346 e. The van der Waals surface area contributed by atoms with Gasteiger partial charge in [-0.2, -0.15) is 0 Å². The molecule has 0 spiro atoms. The van der Waals surface area contributed by atoms with Crippen molar-refractivity contribution in [1.82, 2.24) is 20.2 Å². The number of aromatic nitrogens is 4. The van der Waals surface area contributed by atoms with Crippen molar-refractivity contribution in [3.8, 4) is 0 Å². The lowest BCUT2D eigenvalue weighted by atomic mass is 9.91. The zero-order valence-corrected chi connectivity index (χ0v) is 14.6. The van der Waals surface area contributed by atoms with Gasteiger partial charge in [-0.1, -0.05) is 41.0 Å². The summed E-state index contributed by atoms with van der Waals surface area (Å²) in [4.78, 5) is 0. The van der Waals surface area contributed by atoms with E-state index in [-0.39, 0.29) is 17.9 Å². The minimum absolute atomic E-state index is 0.0292. The second kappa shape index (κ2) is 6.11. The molecule has 0 saturated heterocycles. The number of tetrazole rings is 1. The Morgan fingerprint density at radius 1 is 1.20 bits per heavy atom. The topological polar surface area (TPSA) is 55.6 Å². The van der Waals surface area contributed by atoms with Gasteiger partial charge in [0.25, 0.3) is 0 Å². The van der Waals surface area contributed by atoms with Crippen molar-refractivity contribution in [2.75, 3.05) is 5.32 Å². The van der Waals surface area contributed by atoms with Gasteiger partial charge in [-0.05, 0) is 59.5 Å². The Kier molecular flexibility index (Phi) is 3.92. The van der Waals surface area contributed by atoms with E-state index >= 15 is 0 Å². The molecule has 0 fully saturated rings. The lowest BCUT2D eigenvalue weighted by Gasteiger charge is -2.31. The van der Waals surface area contributed by atoms with Gasteiger partial charge in [0, 0.05) is 10.6 Å². The van der Waals surface area contributed by atoms with Crippen molar-refractivity contribution in [3.05, 3.63) is 69.5 Å². The molecule has 2 heterocycles. The van der Waals surface area contributed by atoms with E-state index in [0.717, 1.165) is 5.56 Å². The maximum Gasteiger partial charge on any atom is 0.243 e. The molecule has 1 N–H and O–H groups in total. The summed E-state index contributed by atoms with van der Waals surface area (Å²) in [5, 5.41) is 15.5. The number of hydrogen-bond donors (Lipinski definition) is 1. The molecule has 4 rings (SSSR count). The molecule has 0 amide bonds. The second-order valence-electron chi connectivity index (χ2n) is 6.37. The average molecular weight is 358 g/mol. The van der Waals surface area contributed by atoms with Crippen LogP contribution in [0.5, 0.6) is 0 Å². The summed E-state index contributed by atoms with van der Waals surface area (Å²) in [6.07, 6.45) is 0.598. The molecular formula is C18H17ClFN5. The molecule has 0 aliphatic carbocycles. The number of halogens is 2. The second-order valence-corrected chi connectivity index (χ2v) is 6.78.